The van der Waals surface area contributed by atoms with Crippen molar-refractivity contribution in [2.24, 2.45) is 0 Å². The number of rotatable bonds is 5. The zero-order valence-electron chi connectivity index (χ0n) is 14.3. The summed E-state index contributed by atoms with van der Waals surface area (Å²) < 4.78 is 2.22. The number of hydrogen-bond acceptors (Lipinski definition) is 2. The van der Waals surface area contributed by atoms with Crippen LogP contribution in [0.4, 0.5) is 5.69 Å². The molecule has 0 unspecified atom stereocenters. The monoisotopic (exact) mass is 330 g/mol. The molecule has 0 aliphatic rings. The predicted octanol–water partition coefficient (Wildman–Crippen LogP) is 4.58. The van der Waals surface area contributed by atoms with Crippen molar-refractivity contribution in [2.45, 2.75) is 19.6 Å². The maximum Gasteiger partial charge on any atom is 0.0891 e. The topological polar surface area (TPSA) is 37.2 Å². The Balaban J connectivity index is 1.60. The summed E-state index contributed by atoms with van der Waals surface area (Å²) in [4.78, 5) is 0. The van der Waals surface area contributed by atoms with Crippen molar-refractivity contribution in [3.05, 3.63) is 78.4 Å². The van der Waals surface area contributed by atoms with Gasteiger partial charge in [0.05, 0.1) is 12.6 Å². The van der Waals surface area contributed by atoms with Gasteiger partial charge in [0.15, 0.2) is 0 Å². The third-order valence-electron chi connectivity index (χ3n) is 4.75. The van der Waals surface area contributed by atoms with Crippen LogP contribution in [0.2, 0.25) is 0 Å². The Morgan fingerprint density at radius 1 is 0.840 bits per heavy atom. The lowest BCUT2D eigenvalue weighted by molar-refractivity contribution is 0.169. The Labute approximate surface area is 147 Å². The number of benzene rings is 3. The quantitative estimate of drug-likeness (QED) is 0.562. The number of aliphatic hydroxyl groups excluding tert-OH is 1. The van der Waals surface area contributed by atoms with E-state index in [0.29, 0.717) is 13.1 Å². The summed E-state index contributed by atoms with van der Waals surface area (Å²) in [5, 5.41) is 16.4. The Hall–Kier alpha value is -2.78. The summed E-state index contributed by atoms with van der Waals surface area (Å²) in [6, 6.07) is 24.9. The number of aryl methyl sites for hydroxylation is 1. The van der Waals surface area contributed by atoms with Crippen LogP contribution in [0, 0.1) is 6.92 Å². The summed E-state index contributed by atoms with van der Waals surface area (Å²) in [5.74, 6) is 0. The van der Waals surface area contributed by atoms with E-state index >= 15 is 0 Å². The third kappa shape index (κ3) is 2.99. The molecule has 0 aliphatic carbocycles. The van der Waals surface area contributed by atoms with Gasteiger partial charge in [-0.2, -0.15) is 0 Å². The second-order valence-electron chi connectivity index (χ2n) is 6.49. The highest BCUT2D eigenvalue weighted by atomic mass is 16.3. The molecule has 0 bridgehead atoms. The molecule has 0 aliphatic heterocycles. The molecule has 3 nitrogen and oxygen atoms in total. The van der Waals surface area contributed by atoms with Crippen molar-refractivity contribution in [1.82, 2.24) is 4.57 Å². The van der Waals surface area contributed by atoms with E-state index in [-0.39, 0.29) is 0 Å². The lowest BCUT2D eigenvalue weighted by Gasteiger charge is -2.16. The van der Waals surface area contributed by atoms with Crippen LogP contribution in [0.15, 0.2) is 72.8 Å². The first-order valence-electron chi connectivity index (χ1n) is 8.67. The Bertz CT molecular complexity index is 966. The molecule has 25 heavy (non-hydrogen) atoms. The molecule has 0 amide bonds. The first-order valence-corrected chi connectivity index (χ1v) is 8.67. The van der Waals surface area contributed by atoms with E-state index in [4.69, 9.17) is 0 Å². The minimum absolute atomic E-state index is 0.473. The number of aliphatic hydroxyl groups is 1. The second kappa shape index (κ2) is 6.61. The van der Waals surface area contributed by atoms with Gasteiger partial charge >= 0.3 is 0 Å². The summed E-state index contributed by atoms with van der Waals surface area (Å²) in [6.45, 7) is 3.15. The van der Waals surface area contributed by atoms with Gasteiger partial charge in [-0.15, -0.1) is 0 Å². The zero-order valence-corrected chi connectivity index (χ0v) is 14.3. The van der Waals surface area contributed by atoms with E-state index in [9.17, 15) is 5.11 Å². The summed E-state index contributed by atoms with van der Waals surface area (Å²) in [5.41, 5.74) is 4.59. The molecule has 4 rings (SSSR count). The van der Waals surface area contributed by atoms with Gasteiger partial charge in [-0.25, -0.2) is 0 Å². The molecule has 0 saturated heterocycles. The minimum Gasteiger partial charge on any atom is -0.389 e. The van der Waals surface area contributed by atoms with Crippen molar-refractivity contribution in [2.75, 3.05) is 11.9 Å². The highest BCUT2D eigenvalue weighted by Gasteiger charge is 2.13. The van der Waals surface area contributed by atoms with Crippen molar-refractivity contribution >= 4 is 27.5 Å². The Morgan fingerprint density at radius 3 is 2.04 bits per heavy atom. The molecule has 126 valence electrons. The van der Waals surface area contributed by atoms with E-state index in [2.05, 4.69) is 71.4 Å². The lowest BCUT2D eigenvalue weighted by atomic mass is 10.2. The van der Waals surface area contributed by atoms with Crippen molar-refractivity contribution in [1.29, 1.82) is 0 Å². The number of nitrogens with one attached hydrogen (secondary N) is 1. The Kier molecular flexibility index (Phi) is 4.16. The SMILES string of the molecule is Cc1ccccc1NC[C@H](O)Cn1c2ccccc2c2ccccc21. The molecule has 0 spiro atoms. The van der Waals surface area contributed by atoms with Crippen LogP contribution in [0.1, 0.15) is 5.56 Å². The highest BCUT2D eigenvalue weighted by Crippen LogP contribution is 2.28. The number of aromatic nitrogens is 1. The molecule has 3 aromatic carbocycles. The smallest absolute Gasteiger partial charge is 0.0891 e. The van der Waals surface area contributed by atoms with Crippen LogP contribution in [0.3, 0.4) is 0 Å². The van der Waals surface area contributed by atoms with Crippen molar-refractivity contribution in [3.63, 3.8) is 0 Å². The van der Waals surface area contributed by atoms with Gasteiger partial charge in [0.1, 0.15) is 0 Å². The Morgan fingerprint density at radius 2 is 1.40 bits per heavy atom. The van der Waals surface area contributed by atoms with E-state index in [0.717, 1.165) is 5.69 Å². The third-order valence-corrected chi connectivity index (χ3v) is 4.75. The summed E-state index contributed by atoms with van der Waals surface area (Å²) >= 11 is 0. The molecule has 3 heteroatoms. The standard InChI is InChI=1S/C22H22N2O/c1-16-8-2-5-11-20(16)23-14-17(25)15-24-21-12-6-3-9-18(21)19-10-4-7-13-22(19)24/h2-13,17,23,25H,14-15H2,1H3/t17-/m0/s1. The predicted molar refractivity (Wildman–Crippen MR) is 105 cm³/mol. The molecular formula is C22H22N2O. The molecule has 4 aromatic rings. The molecule has 2 N–H and O–H groups in total. The van der Waals surface area contributed by atoms with Crippen LogP contribution in [-0.2, 0) is 6.54 Å². The highest BCUT2D eigenvalue weighted by molar-refractivity contribution is 6.07. The van der Waals surface area contributed by atoms with Crippen LogP contribution >= 0.6 is 0 Å². The van der Waals surface area contributed by atoms with Gasteiger partial charge in [0, 0.05) is 34.0 Å². The second-order valence-corrected chi connectivity index (χ2v) is 6.49. The van der Waals surface area contributed by atoms with Crippen molar-refractivity contribution < 1.29 is 5.11 Å². The van der Waals surface area contributed by atoms with Gasteiger partial charge in [0.25, 0.3) is 0 Å². The normalized spacial score (nSPS) is 12.6. The van der Waals surface area contributed by atoms with Gasteiger partial charge in [0.2, 0.25) is 0 Å². The summed E-state index contributed by atoms with van der Waals surface area (Å²) in [7, 11) is 0. The molecule has 0 saturated carbocycles. The molecule has 0 radical (unpaired) electrons. The van der Waals surface area contributed by atoms with Gasteiger partial charge in [-0.05, 0) is 30.7 Å². The van der Waals surface area contributed by atoms with Gasteiger partial charge in [-0.1, -0.05) is 54.6 Å². The molecule has 1 heterocycles. The number of para-hydroxylation sites is 3. The minimum atomic E-state index is -0.473. The number of nitrogens with zero attached hydrogens (tertiary/aromatic N) is 1. The summed E-state index contributed by atoms with van der Waals surface area (Å²) in [6.07, 6.45) is -0.473. The number of hydrogen-bond donors (Lipinski definition) is 2. The first-order chi connectivity index (χ1) is 12.2. The fourth-order valence-corrected chi connectivity index (χ4v) is 3.47. The lowest BCUT2D eigenvalue weighted by Crippen LogP contribution is -2.25. The van der Waals surface area contributed by atoms with E-state index in [1.54, 1.807) is 0 Å². The molecule has 0 fully saturated rings. The molecular weight excluding hydrogens is 308 g/mol. The van der Waals surface area contributed by atoms with Crippen LogP contribution in [-0.4, -0.2) is 22.3 Å². The maximum absolute atomic E-state index is 10.6. The van der Waals surface area contributed by atoms with E-state index in [1.807, 2.05) is 18.2 Å². The van der Waals surface area contributed by atoms with E-state index < -0.39 is 6.10 Å². The van der Waals surface area contributed by atoms with Crippen LogP contribution in [0.25, 0.3) is 21.8 Å². The average Bonchev–Trinajstić information content (AvgIpc) is 2.96. The molecule has 1 aromatic heterocycles. The molecule has 1 atom stereocenters. The fraction of sp³-hybridized carbons (Fsp3) is 0.182. The average molecular weight is 330 g/mol. The maximum atomic E-state index is 10.6. The van der Waals surface area contributed by atoms with Crippen molar-refractivity contribution in [3.8, 4) is 0 Å². The van der Waals surface area contributed by atoms with Gasteiger partial charge in [-0.3, -0.25) is 0 Å². The van der Waals surface area contributed by atoms with Crippen LogP contribution in [0.5, 0.6) is 0 Å². The van der Waals surface area contributed by atoms with E-state index in [1.165, 1.54) is 27.4 Å². The number of anilines is 1. The zero-order chi connectivity index (χ0) is 17.2. The fourth-order valence-electron chi connectivity index (χ4n) is 3.47. The first kappa shape index (κ1) is 15.7. The van der Waals surface area contributed by atoms with Crippen LogP contribution < -0.4 is 5.32 Å². The largest absolute Gasteiger partial charge is 0.389 e. The number of fused-ring (bicyclic) bond motifs is 3. The van der Waals surface area contributed by atoms with Gasteiger partial charge < -0.3 is 15.0 Å².